The Kier molecular flexibility index (Phi) is 9.70. The van der Waals surface area contributed by atoms with Gasteiger partial charge in [-0.25, -0.2) is 9.78 Å². The maximum atomic E-state index is 13.9. The molecular formula is C37H37FN2O6. The average molecular weight is 625 g/mol. The number of nitrogens with zero attached hydrogens (tertiary/aromatic N) is 1. The number of amides is 1. The SMILES string of the molecule is CCOC(=O)Cc1ccc(-c2cnc(F)c(C)c2)cc1OCc1cc(-c2cccc(CNC(=O)OC(C)(C)C)c2)c2occc2c1. The summed E-state index contributed by atoms with van der Waals surface area (Å²) in [6, 6.07) is 21.0. The van der Waals surface area contributed by atoms with E-state index in [1.54, 1.807) is 26.2 Å². The van der Waals surface area contributed by atoms with E-state index in [1.165, 1.54) is 6.20 Å². The standard InChI is InChI=1S/C37H37FN2O6/c1-6-43-33(41)19-28-11-10-26(30-14-23(2)35(38)39-21-30)18-32(28)45-22-25-16-29-12-13-44-34(29)31(17-25)27-9-7-8-24(15-27)20-40-36(42)46-37(3,4)5/h7-18,21H,6,19-20,22H2,1-5H3,(H,40,42). The Morgan fingerprint density at radius 3 is 2.54 bits per heavy atom. The number of esters is 1. The molecule has 5 aromatic rings. The molecule has 0 saturated carbocycles. The van der Waals surface area contributed by atoms with Crippen LogP contribution in [0.2, 0.25) is 0 Å². The van der Waals surface area contributed by atoms with Crippen LogP contribution in [-0.4, -0.2) is 29.3 Å². The number of nitrogens with one attached hydrogen (secondary N) is 1. The largest absolute Gasteiger partial charge is 0.489 e. The number of hydrogen-bond acceptors (Lipinski definition) is 7. The highest BCUT2D eigenvalue weighted by Crippen LogP contribution is 2.33. The van der Waals surface area contributed by atoms with E-state index >= 15 is 0 Å². The molecule has 2 aromatic heterocycles. The van der Waals surface area contributed by atoms with E-state index in [2.05, 4.69) is 10.3 Å². The first-order chi connectivity index (χ1) is 22.0. The van der Waals surface area contributed by atoms with Crippen LogP contribution in [0.25, 0.3) is 33.2 Å². The van der Waals surface area contributed by atoms with Crippen LogP contribution < -0.4 is 10.1 Å². The number of carbonyl (C=O) groups excluding carboxylic acids is 2. The van der Waals surface area contributed by atoms with Crippen molar-refractivity contribution < 1.29 is 32.6 Å². The third-order valence-corrected chi connectivity index (χ3v) is 7.13. The van der Waals surface area contributed by atoms with Crippen molar-refractivity contribution in [3.63, 3.8) is 0 Å². The zero-order chi connectivity index (χ0) is 32.8. The lowest BCUT2D eigenvalue weighted by Gasteiger charge is -2.19. The molecule has 238 valence electrons. The Morgan fingerprint density at radius 2 is 1.78 bits per heavy atom. The van der Waals surface area contributed by atoms with Gasteiger partial charge in [0.1, 0.15) is 23.5 Å². The number of alkyl carbamates (subject to hydrolysis) is 1. The Labute approximate surface area is 267 Å². The number of carbonyl (C=O) groups is 2. The number of benzene rings is 3. The summed E-state index contributed by atoms with van der Waals surface area (Å²) in [6.45, 7) is 9.66. The summed E-state index contributed by atoms with van der Waals surface area (Å²) in [5.74, 6) is -0.367. The van der Waals surface area contributed by atoms with Crippen LogP contribution >= 0.6 is 0 Å². The number of aryl methyl sites for hydroxylation is 1. The average Bonchev–Trinajstić information content (AvgIpc) is 3.49. The van der Waals surface area contributed by atoms with Crippen LogP contribution in [-0.2, 0) is 33.8 Å². The molecule has 2 heterocycles. The number of ether oxygens (including phenoxy) is 3. The first kappa shape index (κ1) is 32.2. The van der Waals surface area contributed by atoms with E-state index in [4.69, 9.17) is 18.6 Å². The second-order valence-electron chi connectivity index (χ2n) is 12.0. The molecular weight excluding hydrogens is 587 g/mol. The van der Waals surface area contributed by atoms with Crippen LogP contribution in [0.1, 0.15) is 49.9 Å². The van der Waals surface area contributed by atoms with Gasteiger partial charge in [0.15, 0.2) is 0 Å². The molecule has 0 spiro atoms. The van der Waals surface area contributed by atoms with Gasteiger partial charge in [-0.3, -0.25) is 4.79 Å². The molecule has 0 aliphatic carbocycles. The van der Waals surface area contributed by atoms with Crippen molar-refractivity contribution >= 4 is 23.0 Å². The summed E-state index contributed by atoms with van der Waals surface area (Å²) in [5, 5.41) is 3.71. The predicted molar refractivity (Wildman–Crippen MR) is 174 cm³/mol. The highest BCUT2D eigenvalue weighted by atomic mass is 19.1. The number of pyridine rings is 1. The first-order valence-electron chi connectivity index (χ1n) is 15.1. The Balaban J connectivity index is 1.42. The van der Waals surface area contributed by atoms with Crippen molar-refractivity contribution in [2.24, 2.45) is 0 Å². The third-order valence-electron chi connectivity index (χ3n) is 7.13. The number of halogens is 1. The van der Waals surface area contributed by atoms with Gasteiger partial charge in [0.2, 0.25) is 5.95 Å². The minimum absolute atomic E-state index is 0.0420. The molecule has 46 heavy (non-hydrogen) atoms. The zero-order valence-corrected chi connectivity index (χ0v) is 26.6. The maximum absolute atomic E-state index is 13.9. The van der Waals surface area contributed by atoms with E-state index in [0.717, 1.165) is 44.3 Å². The lowest BCUT2D eigenvalue weighted by atomic mass is 9.99. The lowest BCUT2D eigenvalue weighted by molar-refractivity contribution is -0.142. The number of aromatic nitrogens is 1. The zero-order valence-electron chi connectivity index (χ0n) is 26.6. The molecule has 1 N–H and O–H groups in total. The number of fused-ring (bicyclic) bond motifs is 1. The van der Waals surface area contributed by atoms with Gasteiger partial charge in [0.25, 0.3) is 0 Å². The van der Waals surface area contributed by atoms with Gasteiger partial charge in [-0.15, -0.1) is 0 Å². The van der Waals surface area contributed by atoms with Crippen LogP contribution in [0.5, 0.6) is 5.75 Å². The Bertz CT molecular complexity index is 1870. The van der Waals surface area contributed by atoms with E-state index in [-0.39, 0.29) is 25.6 Å². The fourth-order valence-electron chi connectivity index (χ4n) is 5.04. The predicted octanol–water partition coefficient (Wildman–Crippen LogP) is 8.32. The van der Waals surface area contributed by atoms with Gasteiger partial charge in [0, 0.05) is 40.4 Å². The maximum Gasteiger partial charge on any atom is 0.407 e. The van der Waals surface area contributed by atoms with E-state index in [9.17, 15) is 14.0 Å². The van der Waals surface area contributed by atoms with Crippen molar-refractivity contribution in [3.8, 4) is 28.0 Å². The summed E-state index contributed by atoms with van der Waals surface area (Å²) in [7, 11) is 0. The molecule has 8 nitrogen and oxygen atoms in total. The summed E-state index contributed by atoms with van der Waals surface area (Å²) in [5.41, 5.74) is 6.31. The van der Waals surface area contributed by atoms with Crippen LogP contribution in [0.15, 0.2) is 83.6 Å². The number of furan rings is 1. The minimum atomic E-state index is -0.586. The van der Waals surface area contributed by atoms with E-state index in [1.807, 2.05) is 81.4 Å². The molecule has 0 atom stereocenters. The molecule has 3 aromatic carbocycles. The lowest BCUT2D eigenvalue weighted by Crippen LogP contribution is -2.32. The smallest absolute Gasteiger partial charge is 0.407 e. The molecule has 0 radical (unpaired) electrons. The van der Waals surface area contributed by atoms with Crippen molar-refractivity contribution in [2.45, 2.75) is 59.8 Å². The fourth-order valence-corrected chi connectivity index (χ4v) is 5.04. The second-order valence-corrected chi connectivity index (χ2v) is 12.0. The molecule has 0 aliphatic rings. The highest BCUT2D eigenvalue weighted by Gasteiger charge is 2.17. The highest BCUT2D eigenvalue weighted by molar-refractivity contribution is 5.93. The van der Waals surface area contributed by atoms with Crippen LogP contribution in [0.4, 0.5) is 9.18 Å². The van der Waals surface area contributed by atoms with Gasteiger partial charge in [-0.1, -0.05) is 30.3 Å². The quantitative estimate of drug-likeness (QED) is 0.123. The van der Waals surface area contributed by atoms with Crippen molar-refractivity contribution in [1.29, 1.82) is 0 Å². The van der Waals surface area contributed by atoms with E-state index < -0.39 is 17.6 Å². The summed E-state index contributed by atoms with van der Waals surface area (Å²) < 4.78 is 36.6. The van der Waals surface area contributed by atoms with E-state index in [0.29, 0.717) is 23.4 Å². The summed E-state index contributed by atoms with van der Waals surface area (Å²) >= 11 is 0. The Morgan fingerprint density at radius 1 is 0.957 bits per heavy atom. The molecule has 0 unspecified atom stereocenters. The molecule has 0 saturated heterocycles. The number of rotatable bonds is 10. The molecule has 5 rings (SSSR count). The normalized spacial score (nSPS) is 11.3. The van der Waals surface area contributed by atoms with Crippen molar-refractivity contribution in [1.82, 2.24) is 10.3 Å². The fraction of sp³-hybridized carbons (Fsp3) is 0.270. The molecule has 0 fully saturated rings. The first-order valence-corrected chi connectivity index (χ1v) is 15.1. The Hall–Kier alpha value is -5.18. The van der Waals surface area contributed by atoms with Crippen molar-refractivity contribution in [3.05, 3.63) is 107 Å². The van der Waals surface area contributed by atoms with Crippen LogP contribution in [0.3, 0.4) is 0 Å². The second kappa shape index (κ2) is 13.9. The van der Waals surface area contributed by atoms with Gasteiger partial charge < -0.3 is 23.9 Å². The third kappa shape index (κ3) is 8.10. The van der Waals surface area contributed by atoms with Crippen LogP contribution in [0, 0.1) is 12.9 Å². The van der Waals surface area contributed by atoms with Gasteiger partial charge >= 0.3 is 12.1 Å². The van der Waals surface area contributed by atoms with Crippen molar-refractivity contribution in [2.75, 3.05) is 6.61 Å². The minimum Gasteiger partial charge on any atom is -0.489 e. The monoisotopic (exact) mass is 624 g/mol. The number of hydrogen-bond donors (Lipinski definition) is 1. The molecule has 0 bridgehead atoms. The molecule has 1 amide bonds. The topological polar surface area (TPSA) is 99.9 Å². The van der Waals surface area contributed by atoms with Gasteiger partial charge in [0.05, 0.1) is 19.3 Å². The summed E-state index contributed by atoms with van der Waals surface area (Å²) in [4.78, 5) is 28.5. The van der Waals surface area contributed by atoms with Gasteiger partial charge in [-0.05, 0) is 93.3 Å². The molecule has 0 aliphatic heterocycles. The van der Waals surface area contributed by atoms with Gasteiger partial charge in [-0.2, -0.15) is 4.39 Å². The summed E-state index contributed by atoms with van der Waals surface area (Å²) in [6.07, 6.45) is 2.68. The molecule has 9 heteroatoms.